The minimum Gasteiger partial charge on any atom is -0.458 e. The van der Waals surface area contributed by atoms with Crippen molar-refractivity contribution < 1.29 is 17.9 Å². The van der Waals surface area contributed by atoms with Crippen LogP contribution in [0.15, 0.2) is 42.9 Å². The molecule has 0 aromatic carbocycles. The van der Waals surface area contributed by atoms with Gasteiger partial charge in [-0.05, 0) is 18.2 Å². The van der Waals surface area contributed by atoms with Gasteiger partial charge in [-0.1, -0.05) is 6.07 Å². The number of aromatic nitrogens is 2. The Bertz CT molecular complexity index is 545. The van der Waals surface area contributed by atoms with Gasteiger partial charge in [0.1, 0.15) is 0 Å². The van der Waals surface area contributed by atoms with Gasteiger partial charge in [0, 0.05) is 24.2 Å². The molecule has 0 saturated carbocycles. The minimum absolute atomic E-state index is 0.0423. The number of hydrogen-bond donors (Lipinski definition) is 1. The number of nitrogens with zero attached hydrogens (tertiary/aromatic N) is 2. The highest BCUT2D eigenvalue weighted by molar-refractivity contribution is 5.47. The summed E-state index contributed by atoms with van der Waals surface area (Å²) in [6.07, 6.45) is -2.96. The third-order valence-electron chi connectivity index (χ3n) is 2.31. The minimum atomic E-state index is -4.59. The van der Waals surface area contributed by atoms with Crippen molar-refractivity contribution >= 4 is 5.69 Å². The van der Waals surface area contributed by atoms with Gasteiger partial charge < -0.3 is 10.5 Å². The highest BCUT2D eigenvalue weighted by atomic mass is 19.4. The maximum Gasteiger partial charge on any atom is 0.429 e. The first-order chi connectivity index (χ1) is 8.98. The van der Waals surface area contributed by atoms with Crippen molar-refractivity contribution in [3.05, 3.63) is 48.4 Å². The van der Waals surface area contributed by atoms with Crippen molar-refractivity contribution in [2.75, 3.05) is 5.73 Å². The van der Waals surface area contributed by atoms with Gasteiger partial charge in [-0.15, -0.1) is 0 Å². The van der Waals surface area contributed by atoms with Crippen LogP contribution in [0.4, 0.5) is 18.9 Å². The first-order valence-electron chi connectivity index (χ1n) is 5.32. The van der Waals surface area contributed by atoms with Crippen LogP contribution in [0.1, 0.15) is 11.7 Å². The number of halogens is 3. The largest absolute Gasteiger partial charge is 0.458 e. The Balaban J connectivity index is 2.33. The molecule has 0 saturated heterocycles. The summed E-state index contributed by atoms with van der Waals surface area (Å²) in [7, 11) is 0. The maximum atomic E-state index is 13.0. The predicted octanol–water partition coefficient (Wildman–Crippen LogP) is 2.74. The fraction of sp³-hybridized carbons (Fsp3) is 0.167. The number of hydrogen-bond acceptors (Lipinski definition) is 4. The quantitative estimate of drug-likeness (QED) is 0.930. The number of ether oxygens (including phenoxy) is 1. The van der Waals surface area contributed by atoms with Gasteiger partial charge in [0.2, 0.25) is 12.0 Å². The number of nitrogen functional groups attached to an aromatic ring is 1. The van der Waals surface area contributed by atoms with Crippen LogP contribution in [0.3, 0.4) is 0 Å². The Hall–Kier alpha value is -2.31. The average Bonchev–Trinajstić information content (AvgIpc) is 2.37. The Morgan fingerprint density at radius 1 is 1.16 bits per heavy atom. The van der Waals surface area contributed by atoms with Crippen LogP contribution >= 0.6 is 0 Å². The third kappa shape index (κ3) is 3.12. The van der Waals surface area contributed by atoms with E-state index in [0.717, 1.165) is 6.20 Å². The van der Waals surface area contributed by atoms with E-state index in [-0.39, 0.29) is 17.1 Å². The SMILES string of the molecule is Nc1cccnc1OC(c1cccnc1)C(F)(F)F. The third-order valence-corrected chi connectivity index (χ3v) is 2.31. The first-order valence-corrected chi connectivity index (χ1v) is 5.32. The molecule has 0 aliphatic carbocycles. The molecule has 0 bridgehead atoms. The van der Waals surface area contributed by atoms with Crippen LogP contribution in [-0.2, 0) is 0 Å². The fourth-order valence-electron chi connectivity index (χ4n) is 1.47. The van der Waals surface area contributed by atoms with E-state index in [0.29, 0.717) is 0 Å². The molecule has 2 aromatic rings. The molecular formula is C12H10F3N3O. The molecule has 2 rings (SSSR count). The van der Waals surface area contributed by atoms with E-state index in [1.165, 1.54) is 36.7 Å². The number of pyridine rings is 2. The second-order valence-electron chi connectivity index (χ2n) is 3.72. The summed E-state index contributed by atoms with van der Waals surface area (Å²) in [5.74, 6) is -0.256. The molecule has 2 aromatic heterocycles. The number of anilines is 1. The molecule has 19 heavy (non-hydrogen) atoms. The Kier molecular flexibility index (Phi) is 3.55. The summed E-state index contributed by atoms with van der Waals surface area (Å²) in [5, 5.41) is 0. The molecular weight excluding hydrogens is 259 g/mol. The lowest BCUT2D eigenvalue weighted by molar-refractivity contribution is -0.198. The Labute approximate surface area is 107 Å². The highest BCUT2D eigenvalue weighted by Crippen LogP contribution is 2.37. The maximum absolute atomic E-state index is 13.0. The van der Waals surface area contributed by atoms with Crippen LogP contribution in [0, 0.1) is 0 Å². The van der Waals surface area contributed by atoms with E-state index in [9.17, 15) is 13.2 Å². The van der Waals surface area contributed by atoms with Crippen molar-refractivity contribution in [2.24, 2.45) is 0 Å². The summed E-state index contributed by atoms with van der Waals surface area (Å²) in [6.45, 7) is 0. The molecule has 1 unspecified atom stereocenters. The first kappa shape index (κ1) is 13.1. The summed E-state index contributed by atoms with van der Waals surface area (Å²) >= 11 is 0. The molecule has 2 N–H and O–H groups in total. The van der Waals surface area contributed by atoms with Crippen LogP contribution in [0.25, 0.3) is 0 Å². The van der Waals surface area contributed by atoms with Crippen molar-refractivity contribution in [3.63, 3.8) is 0 Å². The fourth-order valence-corrected chi connectivity index (χ4v) is 1.47. The van der Waals surface area contributed by atoms with E-state index in [4.69, 9.17) is 10.5 Å². The molecule has 1 atom stereocenters. The average molecular weight is 269 g/mol. The van der Waals surface area contributed by atoms with E-state index in [2.05, 4.69) is 9.97 Å². The highest BCUT2D eigenvalue weighted by Gasteiger charge is 2.43. The van der Waals surface area contributed by atoms with Gasteiger partial charge in [0.15, 0.2) is 0 Å². The van der Waals surface area contributed by atoms with Crippen molar-refractivity contribution in [1.29, 1.82) is 0 Å². The number of nitrogens with two attached hydrogens (primary N) is 1. The van der Waals surface area contributed by atoms with E-state index < -0.39 is 12.3 Å². The number of rotatable bonds is 3. The second-order valence-corrected chi connectivity index (χ2v) is 3.72. The van der Waals surface area contributed by atoms with E-state index >= 15 is 0 Å². The van der Waals surface area contributed by atoms with Gasteiger partial charge in [-0.2, -0.15) is 13.2 Å². The van der Waals surface area contributed by atoms with Crippen LogP contribution < -0.4 is 10.5 Å². The molecule has 7 heteroatoms. The van der Waals surface area contributed by atoms with Gasteiger partial charge in [-0.25, -0.2) is 4.98 Å². The van der Waals surface area contributed by atoms with Gasteiger partial charge in [-0.3, -0.25) is 4.98 Å². The molecule has 2 heterocycles. The van der Waals surface area contributed by atoms with Crippen LogP contribution in [-0.4, -0.2) is 16.1 Å². The zero-order valence-corrected chi connectivity index (χ0v) is 9.63. The van der Waals surface area contributed by atoms with Crippen molar-refractivity contribution in [1.82, 2.24) is 9.97 Å². The molecule has 0 fully saturated rings. The van der Waals surface area contributed by atoms with Gasteiger partial charge in [0.25, 0.3) is 0 Å². The summed E-state index contributed by atoms with van der Waals surface area (Å²) < 4.78 is 43.9. The van der Waals surface area contributed by atoms with Crippen molar-refractivity contribution in [3.8, 4) is 5.88 Å². The smallest absolute Gasteiger partial charge is 0.429 e. The van der Waals surface area contributed by atoms with Crippen LogP contribution in [0.2, 0.25) is 0 Å². The normalized spacial score (nSPS) is 13.0. The standard InChI is InChI=1S/C12H10F3N3O/c13-12(14,15)10(8-3-1-5-17-7-8)19-11-9(16)4-2-6-18-11/h1-7,10H,16H2. The lowest BCUT2D eigenvalue weighted by Gasteiger charge is -2.21. The lowest BCUT2D eigenvalue weighted by atomic mass is 10.1. The zero-order chi connectivity index (χ0) is 13.9. The van der Waals surface area contributed by atoms with Gasteiger partial charge in [0.05, 0.1) is 5.69 Å². The summed E-state index contributed by atoms with van der Waals surface area (Å²) in [5.41, 5.74) is 5.45. The molecule has 0 spiro atoms. The number of alkyl halides is 3. The molecule has 100 valence electrons. The topological polar surface area (TPSA) is 61.0 Å². The van der Waals surface area contributed by atoms with Gasteiger partial charge >= 0.3 is 6.18 Å². The predicted molar refractivity (Wildman–Crippen MR) is 62.3 cm³/mol. The van der Waals surface area contributed by atoms with Crippen molar-refractivity contribution in [2.45, 2.75) is 12.3 Å². The molecule has 0 aliphatic heterocycles. The van der Waals surface area contributed by atoms with E-state index in [1.807, 2.05) is 0 Å². The Morgan fingerprint density at radius 3 is 2.47 bits per heavy atom. The summed E-state index contributed by atoms with van der Waals surface area (Å²) in [4.78, 5) is 7.34. The molecule has 0 radical (unpaired) electrons. The lowest BCUT2D eigenvalue weighted by Crippen LogP contribution is -2.26. The molecule has 4 nitrogen and oxygen atoms in total. The van der Waals surface area contributed by atoms with E-state index in [1.54, 1.807) is 0 Å². The zero-order valence-electron chi connectivity index (χ0n) is 9.63. The summed E-state index contributed by atoms with van der Waals surface area (Å²) in [6, 6.07) is 5.61. The Morgan fingerprint density at radius 2 is 1.89 bits per heavy atom. The molecule has 0 aliphatic rings. The second kappa shape index (κ2) is 5.13. The molecule has 0 amide bonds. The monoisotopic (exact) mass is 269 g/mol. The van der Waals surface area contributed by atoms with Crippen LogP contribution in [0.5, 0.6) is 5.88 Å².